The molecule has 11 heteroatoms. The molecule has 2 amide bonds. The van der Waals surface area contributed by atoms with E-state index in [4.69, 9.17) is 35.5 Å². The Morgan fingerprint density at radius 1 is 0.882 bits per heavy atom. The highest BCUT2D eigenvalue weighted by atomic mass is 35.5. The number of imidazole rings is 1. The number of carbonyl (C=O) groups is 2. The second kappa shape index (κ2) is 18.7. The van der Waals surface area contributed by atoms with E-state index < -0.39 is 5.60 Å². The molecule has 2 aromatic carbocycles. The van der Waals surface area contributed by atoms with Crippen LogP contribution in [0.15, 0.2) is 36.4 Å². The molecule has 1 unspecified atom stereocenters. The zero-order chi connectivity index (χ0) is 36.2. The summed E-state index contributed by atoms with van der Waals surface area (Å²) in [4.78, 5) is 37.2. The summed E-state index contributed by atoms with van der Waals surface area (Å²) in [5.74, 6) is 3.32. The minimum atomic E-state index is -0.480. The molecule has 2 fully saturated rings. The summed E-state index contributed by atoms with van der Waals surface area (Å²) >= 11 is 6.04. The van der Waals surface area contributed by atoms with Crippen LogP contribution in [0.4, 0.5) is 9.59 Å². The van der Waals surface area contributed by atoms with Crippen molar-refractivity contribution >= 4 is 34.8 Å². The van der Waals surface area contributed by atoms with Crippen molar-refractivity contribution in [2.75, 3.05) is 39.4 Å². The van der Waals surface area contributed by atoms with Gasteiger partial charge in [0.1, 0.15) is 35.0 Å². The van der Waals surface area contributed by atoms with Crippen molar-refractivity contribution in [3.63, 3.8) is 0 Å². The lowest BCUT2D eigenvalue weighted by Crippen LogP contribution is -2.41. The average Bonchev–Trinajstić information content (AvgIpc) is 3.53. The molecule has 3 heterocycles. The van der Waals surface area contributed by atoms with Crippen LogP contribution >= 0.6 is 11.6 Å². The average molecular weight is 725 g/mol. The number of benzene rings is 2. The maximum Gasteiger partial charge on any atom is 0.410 e. The zero-order valence-corrected chi connectivity index (χ0v) is 31.8. The highest BCUT2D eigenvalue weighted by molar-refractivity contribution is 6.30. The Morgan fingerprint density at radius 3 is 2.39 bits per heavy atom. The lowest BCUT2D eigenvalue weighted by molar-refractivity contribution is 0.0179. The molecule has 280 valence electrons. The molecule has 2 saturated heterocycles. The van der Waals surface area contributed by atoms with E-state index in [1.807, 2.05) is 54.8 Å². The number of aryl methyl sites for hydroxylation is 1. The van der Waals surface area contributed by atoms with Gasteiger partial charge in [-0.15, -0.1) is 0 Å². The predicted octanol–water partition coefficient (Wildman–Crippen LogP) is 9.57. The highest BCUT2D eigenvalue weighted by Gasteiger charge is 2.27. The van der Waals surface area contributed by atoms with Crippen LogP contribution in [0.1, 0.15) is 103 Å². The van der Waals surface area contributed by atoms with Crippen molar-refractivity contribution in [3.05, 3.63) is 52.8 Å². The number of fused-ring (bicyclic) bond motifs is 1. The monoisotopic (exact) mass is 724 g/mol. The molecule has 2 aliphatic heterocycles. The molecule has 1 atom stereocenters. The van der Waals surface area contributed by atoms with E-state index in [0.717, 1.165) is 131 Å². The van der Waals surface area contributed by atoms with Gasteiger partial charge in [0, 0.05) is 31.2 Å². The van der Waals surface area contributed by atoms with E-state index in [1.54, 1.807) is 0 Å². The van der Waals surface area contributed by atoms with Gasteiger partial charge in [-0.3, -0.25) is 0 Å². The van der Waals surface area contributed by atoms with Crippen LogP contribution < -0.4 is 9.47 Å². The molecular weight excluding hydrogens is 668 g/mol. The number of nitrogens with one attached hydrogen (secondary N) is 1. The summed E-state index contributed by atoms with van der Waals surface area (Å²) in [6.07, 6.45) is 10.5. The van der Waals surface area contributed by atoms with E-state index in [2.05, 4.69) is 24.0 Å². The van der Waals surface area contributed by atoms with Crippen molar-refractivity contribution in [1.29, 1.82) is 0 Å². The van der Waals surface area contributed by atoms with E-state index >= 15 is 0 Å². The molecule has 10 nitrogen and oxygen atoms in total. The molecule has 0 spiro atoms. The molecule has 51 heavy (non-hydrogen) atoms. The molecule has 1 N–H and O–H groups in total. The van der Waals surface area contributed by atoms with E-state index in [9.17, 15) is 9.59 Å². The summed E-state index contributed by atoms with van der Waals surface area (Å²) in [5, 5.41) is 0.664. The van der Waals surface area contributed by atoms with E-state index in [0.29, 0.717) is 36.7 Å². The zero-order valence-electron chi connectivity index (χ0n) is 31.0. The van der Waals surface area contributed by atoms with Gasteiger partial charge in [0.2, 0.25) is 0 Å². The topological polar surface area (TPSA) is 106 Å². The fraction of sp³-hybridized carbons (Fsp3) is 0.625. The minimum Gasteiger partial charge on any atom is -0.491 e. The molecule has 0 aliphatic carbocycles. The number of likely N-dealkylation sites (tertiary alicyclic amines) is 2. The van der Waals surface area contributed by atoms with Gasteiger partial charge in [0.05, 0.1) is 18.7 Å². The van der Waals surface area contributed by atoms with Gasteiger partial charge in [-0.05, 0) is 133 Å². The predicted molar refractivity (Wildman–Crippen MR) is 201 cm³/mol. The van der Waals surface area contributed by atoms with Crippen LogP contribution in [0.3, 0.4) is 0 Å². The SMILES string of the molecule is CCCCOC(=O)N1CCCC(CCCc2ccc3[nH]c(COc4ccc(Cl)cc4)nc3c2OCCCC2CCN(C(=O)OC(C)(C)C)CC2)C1. The van der Waals surface area contributed by atoms with Gasteiger partial charge in [-0.25, -0.2) is 14.6 Å². The molecule has 3 aromatic rings. The fourth-order valence-corrected chi connectivity index (χ4v) is 7.10. The number of aromatic amines is 1. The Labute approximate surface area is 308 Å². The van der Waals surface area contributed by atoms with Gasteiger partial charge in [0.15, 0.2) is 0 Å². The third kappa shape index (κ3) is 11.9. The molecule has 2 aliphatic rings. The fourth-order valence-electron chi connectivity index (χ4n) is 6.97. The Balaban J connectivity index is 1.18. The second-order valence-electron chi connectivity index (χ2n) is 15.1. The first-order chi connectivity index (χ1) is 24.6. The van der Waals surface area contributed by atoms with Crippen LogP contribution in [0.25, 0.3) is 11.0 Å². The van der Waals surface area contributed by atoms with Crippen molar-refractivity contribution in [2.45, 2.75) is 111 Å². The molecule has 0 bridgehead atoms. The standard InChI is InChI=1S/C40H57ClN4O6/c1-5-6-25-49-38(46)45-22-8-11-30(27-45)10-7-13-31-14-19-34-36(43-35(42-34)28-50-33-17-15-32(41)16-18-33)37(31)48-26-9-12-29-20-23-44(24-21-29)39(47)51-40(2,3)4/h14-19,29-30H,5-13,20-28H2,1-4H3,(H,42,43). The Hall–Kier alpha value is -3.66. The van der Waals surface area contributed by atoms with Crippen LogP contribution in [-0.4, -0.2) is 76.9 Å². The van der Waals surface area contributed by atoms with Crippen molar-refractivity contribution < 1.29 is 28.5 Å². The van der Waals surface area contributed by atoms with E-state index in [1.165, 1.54) is 0 Å². The number of piperidine rings is 2. The number of nitrogens with zero attached hydrogens (tertiary/aromatic N) is 3. The normalized spacial score (nSPS) is 17.1. The number of carbonyl (C=O) groups excluding carboxylic acids is 2. The first kappa shape index (κ1) is 38.6. The number of halogens is 1. The van der Waals surface area contributed by atoms with Crippen LogP contribution in [0, 0.1) is 11.8 Å². The van der Waals surface area contributed by atoms with Crippen molar-refractivity contribution in [2.24, 2.45) is 11.8 Å². The summed E-state index contributed by atoms with van der Waals surface area (Å²) in [6, 6.07) is 11.6. The Morgan fingerprint density at radius 2 is 1.65 bits per heavy atom. The number of unbranched alkanes of at least 4 members (excludes halogenated alkanes) is 1. The van der Waals surface area contributed by atoms with Gasteiger partial charge in [0.25, 0.3) is 0 Å². The molecule has 0 saturated carbocycles. The quantitative estimate of drug-likeness (QED) is 0.156. The highest BCUT2D eigenvalue weighted by Crippen LogP contribution is 2.32. The number of aromatic nitrogens is 2. The first-order valence-corrected chi connectivity index (χ1v) is 19.4. The number of H-pyrrole nitrogens is 1. The summed E-state index contributed by atoms with van der Waals surface area (Å²) < 4.78 is 23.6. The number of rotatable bonds is 15. The van der Waals surface area contributed by atoms with Crippen LogP contribution in [-0.2, 0) is 22.5 Å². The van der Waals surface area contributed by atoms with Crippen LogP contribution in [0.2, 0.25) is 5.02 Å². The second-order valence-corrected chi connectivity index (χ2v) is 15.5. The molecule has 1 aromatic heterocycles. The van der Waals surface area contributed by atoms with Crippen molar-refractivity contribution in [3.8, 4) is 11.5 Å². The smallest absolute Gasteiger partial charge is 0.410 e. The summed E-state index contributed by atoms with van der Waals surface area (Å²) in [5.41, 5.74) is 2.41. The number of amides is 2. The van der Waals surface area contributed by atoms with Crippen molar-refractivity contribution in [1.82, 2.24) is 19.8 Å². The lowest BCUT2D eigenvalue weighted by atomic mass is 9.92. The minimum absolute atomic E-state index is 0.169. The molecular formula is C40H57ClN4O6. The number of ether oxygens (including phenoxy) is 4. The maximum absolute atomic E-state index is 12.6. The van der Waals surface area contributed by atoms with Gasteiger partial charge in [-0.1, -0.05) is 31.0 Å². The van der Waals surface area contributed by atoms with Gasteiger partial charge in [-0.2, -0.15) is 0 Å². The molecule has 5 rings (SSSR count). The largest absolute Gasteiger partial charge is 0.491 e. The third-order valence-electron chi connectivity index (χ3n) is 9.76. The van der Waals surface area contributed by atoms with Gasteiger partial charge < -0.3 is 33.7 Å². The Bertz CT molecular complexity index is 1550. The maximum atomic E-state index is 12.6. The van der Waals surface area contributed by atoms with Gasteiger partial charge >= 0.3 is 12.2 Å². The number of hydrogen-bond donors (Lipinski definition) is 1. The van der Waals surface area contributed by atoms with Crippen LogP contribution in [0.5, 0.6) is 11.5 Å². The summed E-state index contributed by atoms with van der Waals surface area (Å²) in [6.45, 7) is 12.2. The first-order valence-electron chi connectivity index (χ1n) is 19.0. The summed E-state index contributed by atoms with van der Waals surface area (Å²) in [7, 11) is 0. The third-order valence-corrected chi connectivity index (χ3v) is 10.0. The molecule has 0 radical (unpaired) electrons. The lowest BCUT2D eigenvalue weighted by Gasteiger charge is -2.33. The van der Waals surface area contributed by atoms with E-state index in [-0.39, 0.29) is 12.2 Å². The Kier molecular flexibility index (Phi) is 14.2. The number of hydrogen-bond acceptors (Lipinski definition) is 7.